The lowest BCUT2D eigenvalue weighted by molar-refractivity contribution is -0.119. The summed E-state index contributed by atoms with van der Waals surface area (Å²) in [6.07, 6.45) is 1.60. The molecule has 1 N–H and O–H groups in total. The molecule has 0 aliphatic carbocycles. The van der Waals surface area contributed by atoms with E-state index >= 15 is 0 Å². The largest absolute Gasteiger partial charge is 0.421 e. The third kappa shape index (κ3) is 3.58. The van der Waals surface area contributed by atoms with Gasteiger partial charge in [0.05, 0.1) is 12.7 Å². The maximum Gasteiger partial charge on any atom is 0.362 e. The molecule has 2 heterocycles. The van der Waals surface area contributed by atoms with Gasteiger partial charge in [-0.1, -0.05) is 5.21 Å². The van der Waals surface area contributed by atoms with E-state index in [1.807, 2.05) is 18.2 Å². The molecule has 8 heteroatoms. The van der Waals surface area contributed by atoms with Crippen LogP contribution in [0.5, 0.6) is 0 Å². The van der Waals surface area contributed by atoms with Gasteiger partial charge in [0.25, 0.3) is 0 Å². The highest BCUT2D eigenvalue weighted by Gasteiger charge is 2.12. The molecule has 0 saturated carbocycles. The molecule has 136 valence electrons. The molecule has 3 aromatic rings. The Kier molecular flexibility index (Phi) is 5.01. The SMILES string of the molecule is CCN(CC)c1ccc2cc(-n3cc(CNC(C)=O)nn3)c(=O)oc2c1. The minimum absolute atomic E-state index is 0.159. The summed E-state index contributed by atoms with van der Waals surface area (Å²) in [6.45, 7) is 7.59. The van der Waals surface area contributed by atoms with Crippen molar-refractivity contribution < 1.29 is 9.21 Å². The Labute approximate surface area is 150 Å². The number of hydrogen-bond donors (Lipinski definition) is 1. The Hall–Kier alpha value is -3.16. The average Bonchev–Trinajstić information content (AvgIpc) is 3.09. The second-order valence-electron chi connectivity index (χ2n) is 5.88. The number of hydrogen-bond acceptors (Lipinski definition) is 6. The Morgan fingerprint density at radius 3 is 2.73 bits per heavy atom. The van der Waals surface area contributed by atoms with Crippen molar-refractivity contribution in [3.05, 3.63) is 46.6 Å². The Morgan fingerprint density at radius 1 is 1.27 bits per heavy atom. The van der Waals surface area contributed by atoms with Gasteiger partial charge in [0.15, 0.2) is 5.69 Å². The maximum absolute atomic E-state index is 12.4. The number of anilines is 1. The van der Waals surface area contributed by atoms with Crippen LogP contribution >= 0.6 is 0 Å². The van der Waals surface area contributed by atoms with Gasteiger partial charge in [-0.3, -0.25) is 4.79 Å². The first kappa shape index (κ1) is 17.7. The normalized spacial score (nSPS) is 10.9. The predicted octanol–water partition coefficient (Wildman–Crippen LogP) is 1.86. The number of carbonyl (C=O) groups excluding carboxylic acids is 1. The number of amides is 1. The third-order valence-electron chi connectivity index (χ3n) is 4.14. The molecular weight excluding hydrogens is 334 g/mol. The molecule has 0 atom stereocenters. The summed E-state index contributed by atoms with van der Waals surface area (Å²) in [6, 6.07) is 7.52. The summed E-state index contributed by atoms with van der Waals surface area (Å²) in [7, 11) is 0. The molecule has 0 radical (unpaired) electrons. The van der Waals surface area contributed by atoms with E-state index in [-0.39, 0.29) is 18.1 Å². The van der Waals surface area contributed by atoms with E-state index < -0.39 is 5.63 Å². The standard InChI is InChI=1S/C18H21N5O3/c1-4-22(5-2)15-7-6-13-8-16(18(25)26-17(13)9-15)23-11-14(20-21-23)10-19-12(3)24/h6-9,11H,4-5,10H2,1-3H3,(H,19,24). The van der Waals surface area contributed by atoms with E-state index in [9.17, 15) is 9.59 Å². The number of carbonyl (C=O) groups is 1. The molecular formula is C18H21N5O3. The van der Waals surface area contributed by atoms with Gasteiger partial charge in [-0.15, -0.1) is 5.10 Å². The highest BCUT2D eigenvalue weighted by Crippen LogP contribution is 2.22. The van der Waals surface area contributed by atoms with Crippen LogP contribution in [0, 0.1) is 0 Å². The lowest BCUT2D eigenvalue weighted by Crippen LogP contribution is -2.21. The van der Waals surface area contributed by atoms with Crippen LogP contribution in [0.3, 0.4) is 0 Å². The number of benzene rings is 1. The molecule has 3 rings (SSSR count). The molecule has 1 aromatic carbocycles. The minimum atomic E-state index is -0.495. The van der Waals surface area contributed by atoms with E-state index in [1.54, 1.807) is 12.3 Å². The fourth-order valence-electron chi connectivity index (χ4n) is 2.75. The predicted molar refractivity (Wildman–Crippen MR) is 98.5 cm³/mol. The molecule has 2 aromatic heterocycles. The molecule has 26 heavy (non-hydrogen) atoms. The zero-order valence-electron chi connectivity index (χ0n) is 15.0. The van der Waals surface area contributed by atoms with Crippen molar-refractivity contribution >= 4 is 22.6 Å². The van der Waals surface area contributed by atoms with E-state index in [0.717, 1.165) is 24.2 Å². The van der Waals surface area contributed by atoms with Gasteiger partial charge in [0.1, 0.15) is 11.3 Å². The highest BCUT2D eigenvalue weighted by atomic mass is 16.4. The first-order valence-electron chi connectivity index (χ1n) is 8.50. The van der Waals surface area contributed by atoms with Crippen LogP contribution in [0.2, 0.25) is 0 Å². The van der Waals surface area contributed by atoms with Crippen LogP contribution < -0.4 is 15.8 Å². The summed E-state index contributed by atoms with van der Waals surface area (Å²) in [5.74, 6) is -0.159. The fraction of sp³-hybridized carbons (Fsp3) is 0.333. The molecule has 0 spiro atoms. The lowest BCUT2D eigenvalue weighted by Gasteiger charge is -2.20. The van der Waals surface area contributed by atoms with Gasteiger partial charge in [0, 0.05) is 37.2 Å². The minimum Gasteiger partial charge on any atom is -0.421 e. The molecule has 0 fully saturated rings. The topological polar surface area (TPSA) is 93.3 Å². The van der Waals surface area contributed by atoms with Gasteiger partial charge in [0.2, 0.25) is 5.91 Å². The Balaban J connectivity index is 1.95. The second-order valence-corrected chi connectivity index (χ2v) is 5.88. The molecule has 0 bridgehead atoms. The molecule has 0 saturated heterocycles. The summed E-state index contributed by atoms with van der Waals surface area (Å²) in [4.78, 5) is 25.5. The average molecular weight is 355 g/mol. The quantitative estimate of drug-likeness (QED) is 0.679. The van der Waals surface area contributed by atoms with Crippen molar-refractivity contribution in [2.24, 2.45) is 0 Å². The molecule has 1 amide bonds. The Morgan fingerprint density at radius 2 is 2.04 bits per heavy atom. The summed E-state index contributed by atoms with van der Waals surface area (Å²) in [5, 5.41) is 11.3. The monoisotopic (exact) mass is 355 g/mol. The lowest BCUT2D eigenvalue weighted by atomic mass is 10.2. The van der Waals surface area contributed by atoms with Crippen molar-refractivity contribution in [3.8, 4) is 5.69 Å². The number of rotatable bonds is 6. The molecule has 0 aliphatic rings. The van der Waals surface area contributed by atoms with Crippen molar-refractivity contribution in [2.45, 2.75) is 27.3 Å². The van der Waals surface area contributed by atoms with Crippen LogP contribution in [0.1, 0.15) is 26.5 Å². The summed E-state index contributed by atoms with van der Waals surface area (Å²) >= 11 is 0. The van der Waals surface area contributed by atoms with E-state index in [4.69, 9.17) is 4.42 Å². The first-order chi connectivity index (χ1) is 12.5. The van der Waals surface area contributed by atoms with E-state index in [0.29, 0.717) is 11.3 Å². The van der Waals surface area contributed by atoms with Gasteiger partial charge < -0.3 is 14.6 Å². The second kappa shape index (κ2) is 7.38. The van der Waals surface area contributed by atoms with Crippen LogP contribution in [0.25, 0.3) is 16.7 Å². The van der Waals surface area contributed by atoms with Crippen molar-refractivity contribution in [1.82, 2.24) is 20.3 Å². The zero-order chi connectivity index (χ0) is 18.7. The van der Waals surface area contributed by atoms with Gasteiger partial charge in [-0.25, -0.2) is 9.48 Å². The summed E-state index contributed by atoms with van der Waals surface area (Å²) < 4.78 is 6.86. The van der Waals surface area contributed by atoms with Crippen LogP contribution in [0.15, 0.2) is 39.7 Å². The number of nitrogens with one attached hydrogen (secondary N) is 1. The number of nitrogens with zero attached hydrogens (tertiary/aromatic N) is 4. The zero-order valence-corrected chi connectivity index (χ0v) is 15.0. The number of fused-ring (bicyclic) bond motifs is 1. The van der Waals surface area contributed by atoms with Gasteiger partial charge in [-0.05, 0) is 32.0 Å². The van der Waals surface area contributed by atoms with Gasteiger partial charge in [-0.2, -0.15) is 0 Å². The smallest absolute Gasteiger partial charge is 0.362 e. The van der Waals surface area contributed by atoms with Crippen molar-refractivity contribution in [2.75, 3.05) is 18.0 Å². The Bertz CT molecular complexity index is 988. The third-order valence-corrected chi connectivity index (χ3v) is 4.14. The first-order valence-corrected chi connectivity index (χ1v) is 8.50. The van der Waals surface area contributed by atoms with Crippen LogP contribution in [0.4, 0.5) is 5.69 Å². The van der Waals surface area contributed by atoms with Gasteiger partial charge >= 0.3 is 5.63 Å². The number of aromatic nitrogens is 3. The fourth-order valence-corrected chi connectivity index (χ4v) is 2.75. The molecule has 0 aliphatic heterocycles. The van der Waals surface area contributed by atoms with Crippen molar-refractivity contribution in [3.63, 3.8) is 0 Å². The highest BCUT2D eigenvalue weighted by molar-refractivity contribution is 5.82. The van der Waals surface area contributed by atoms with E-state index in [1.165, 1.54) is 11.6 Å². The van der Waals surface area contributed by atoms with E-state index in [2.05, 4.69) is 34.4 Å². The van der Waals surface area contributed by atoms with Crippen molar-refractivity contribution in [1.29, 1.82) is 0 Å². The maximum atomic E-state index is 12.4. The molecule has 8 nitrogen and oxygen atoms in total. The summed E-state index contributed by atoms with van der Waals surface area (Å²) in [5.41, 5.74) is 1.87. The van der Waals surface area contributed by atoms with Crippen LogP contribution in [-0.2, 0) is 11.3 Å². The molecule has 0 unspecified atom stereocenters. The van der Waals surface area contributed by atoms with Crippen LogP contribution in [-0.4, -0.2) is 34.0 Å².